The highest BCUT2D eigenvalue weighted by atomic mass is 16.4. The molecule has 0 fully saturated rings. The first-order chi connectivity index (χ1) is 9.10. The fourth-order valence-electron chi connectivity index (χ4n) is 1.61. The number of benzene rings is 1. The first kappa shape index (κ1) is 12.6. The number of nitriles is 1. The predicted octanol–water partition coefficient (Wildman–Crippen LogP) is 2.70. The van der Waals surface area contributed by atoms with Crippen LogP contribution in [0, 0.1) is 18.3 Å². The lowest BCUT2D eigenvalue weighted by Gasteiger charge is -2.08. The van der Waals surface area contributed by atoms with Crippen molar-refractivity contribution in [1.29, 1.82) is 5.26 Å². The van der Waals surface area contributed by atoms with Gasteiger partial charge >= 0.3 is 5.97 Å². The van der Waals surface area contributed by atoms with E-state index in [1.165, 1.54) is 12.1 Å². The molecule has 0 unspecified atom stereocenters. The third kappa shape index (κ3) is 2.87. The maximum atomic E-state index is 10.9. The number of aryl methyl sites for hydroxylation is 1. The lowest BCUT2D eigenvalue weighted by atomic mass is 10.2. The Labute approximate surface area is 110 Å². The van der Waals surface area contributed by atoms with Gasteiger partial charge in [0.25, 0.3) is 0 Å². The number of rotatable bonds is 3. The molecule has 5 heteroatoms. The zero-order valence-electron chi connectivity index (χ0n) is 10.2. The Morgan fingerprint density at radius 1 is 1.37 bits per heavy atom. The van der Waals surface area contributed by atoms with E-state index < -0.39 is 5.97 Å². The Morgan fingerprint density at radius 2 is 2.16 bits per heavy atom. The molecule has 0 amide bonds. The average Bonchev–Trinajstić information content (AvgIpc) is 2.39. The van der Waals surface area contributed by atoms with Gasteiger partial charge in [-0.1, -0.05) is 6.07 Å². The number of nitrogens with one attached hydrogen (secondary N) is 1. The third-order valence-corrected chi connectivity index (χ3v) is 2.53. The van der Waals surface area contributed by atoms with E-state index in [-0.39, 0.29) is 5.56 Å². The van der Waals surface area contributed by atoms with Crippen LogP contribution in [0.15, 0.2) is 36.4 Å². The lowest BCUT2D eigenvalue weighted by Crippen LogP contribution is -2.01. The molecule has 2 aromatic rings. The number of pyridine rings is 1. The topological polar surface area (TPSA) is 86.0 Å². The number of nitrogens with zero attached hydrogens (tertiary/aromatic N) is 2. The number of carboxylic acid groups (broad SMARTS) is 1. The summed E-state index contributed by atoms with van der Waals surface area (Å²) in [5.74, 6) is -0.577. The Bertz CT molecular complexity index is 675. The molecule has 2 N–H and O–H groups in total. The number of aromatic carboxylic acids is 1. The van der Waals surface area contributed by atoms with Gasteiger partial charge in [-0.05, 0) is 37.3 Å². The Hall–Kier alpha value is -2.87. The molecular weight excluding hydrogens is 242 g/mol. The minimum atomic E-state index is -0.999. The van der Waals surface area contributed by atoms with Crippen LogP contribution in [0.25, 0.3) is 0 Å². The molecule has 0 saturated carbocycles. The smallest absolute Gasteiger partial charge is 0.335 e. The second-order valence-corrected chi connectivity index (χ2v) is 3.97. The maximum absolute atomic E-state index is 10.9. The van der Waals surface area contributed by atoms with Crippen LogP contribution in [0.3, 0.4) is 0 Å². The van der Waals surface area contributed by atoms with Crippen LogP contribution >= 0.6 is 0 Å². The molecule has 2 rings (SSSR count). The monoisotopic (exact) mass is 253 g/mol. The van der Waals surface area contributed by atoms with Gasteiger partial charge in [0.15, 0.2) is 0 Å². The van der Waals surface area contributed by atoms with E-state index in [0.717, 1.165) is 5.69 Å². The summed E-state index contributed by atoms with van der Waals surface area (Å²) in [4.78, 5) is 15.1. The first-order valence-electron chi connectivity index (χ1n) is 5.58. The highest BCUT2D eigenvalue weighted by Gasteiger charge is 2.07. The average molecular weight is 253 g/mol. The summed E-state index contributed by atoms with van der Waals surface area (Å²) in [6, 6.07) is 11.8. The van der Waals surface area contributed by atoms with Crippen molar-refractivity contribution in [3.8, 4) is 6.07 Å². The largest absolute Gasteiger partial charge is 0.478 e. The van der Waals surface area contributed by atoms with Crippen molar-refractivity contribution in [2.24, 2.45) is 0 Å². The van der Waals surface area contributed by atoms with Crippen LogP contribution < -0.4 is 5.32 Å². The fraction of sp³-hybridized carbons (Fsp3) is 0.0714. The number of carbonyl (C=O) groups is 1. The van der Waals surface area contributed by atoms with Crippen molar-refractivity contribution in [2.45, 2.75) is 6.92 Å². The SMILES string of the molecule is Cc1ccc(C#N)c(Nc2cccc(C(=O)O)c2)n1. The summed E-state index contributed by atoms with van der Waals surface area (Å²) in [7, 11) is 0. The zero-order chi connectivity index (χ0) is 13.8. The minimum absolute atomic E-state index is 0.177. The number of hydrogen-bond acceptors (Lipinski definition) is 4. The van der Waals surface area contributed by atoms with Crippen molar-refractivity contribution < 1.29 is 9.90 Å². The molecule has 5 nitrogen and oxygen atoms in total. The summed E-state index contributed by atoms with van der Waals surface area (Å²) in [6.07, 6.45) is 0. The van der Waals surface area contributed by atoms with E-state index in [1.807, 2.05) is 13.0 Å². The van der Waals surface area contributed by atoms with Gasteiger partial charge in [-0.2, -0.15) is 5.26 Å². The first-order valence-corrected chi connectivity index (χ1v) is 5.58. The molecule has 0 spiro atoms. The highest BCUT2D eigenvalue weighted by molar-refractivity contribution is 5.89. The normalized spacial score (nSPS) is 9.68. The predicted molar refractivity (Wildman–Crippen MR) is 70.4 cm³/mol. The minimum Gasteiger partial charge on any atom is -0.478 e. The van der Waals surface area contributed by atoms with Gasteiger partial charge in [-0.25, -0.2) is 9.78 Å². The molecule has 0 bridgehead atoms. The van der Waals surface area contributed by atoms with Crippen LogP contribution in [0.4, 0.5) is 11.5 Å². The molecule has 0 aliphatic heterocycles. The summed E-state index contributed by atoms with van der Waals surface area (Å²) >= 11 is 0. The van der Waals surface area contributed by atoms with E-state index in [2.05, 4.69) is 10.3 Å². The van der Waals surface area contributed by atoms with Gasteiger partial charge < -0.3 is 10.4 Å². The Kier molecular flexibility index (Phi) is 3.44. The molecule has 19 heavy (non-hydrogen) atoms. The van der Waals surface area contributed by atoms with Crippen LogP contribution in [-0.4, -0.2) is 16.1 Å². The fourth-order valence-corrected chi connectivity index (χ4v) is 1.61. The zero-order valence-corrected chi connectivity index (χ0v) is 10.2. The van der Waals surface area contributed by atoms with Crippen LogP contribution in [-0.2, 0) is 0 Å². The second kappa shape index (κ2) is 5.19. The van der Waals surface area contributed by atoms with E-state index in [1.54, 1.807) is 24.3 Å². The van der Waals surface area contributed by atoms with Crippen molar-refractivity contribution in [2.75, 3.05) is 5.32 Å². The molecule has 1 aromatic heterocycles. The Balaban J connectivity index is 2.36. The summed E-state index contributed by atoms with van der Waals surface area (Å²) < 4.78 is 0. The molecule has 1 heterocycles. The second-order valence-electron chi connectivity index (χ2n) is 3.97. The number of hydrogen-bond donors (Lipinski definition) is 2. The molecule has 0 saturated heterocycles. The van der Waals surface area contributed by atoms with Crippen LogP contribution in [0.2, 0.25) is 0 Å². The van der Waals surface area contributed by atoms with Gasteiger partial charge in [-0.3, -0.25) is 0 Å². The maximum Gasteiger partial charge on any atom is 0.335 e. The molecule has 0 atom stereocenters. The van der Waals surface area contributed by atoms with Crippen molar-refractivity contribution >= 4 is 17.5 Å². The lowest BCUT2D eigenvalue weighted by molar-refractivity contribution is 0.0697. The highest BCUT2D eigenvalue weighted by Crippen LogP contribution is 2.19. The summed E-state index contributed by atoms with van der Waals surface area (Å²) in [5, 5.41) is 20.9. The van der Waals surface area contributed by atoms with E-state index in [9.17, 15) is 4.79 Å². The van der Waals surface area contributed by atoms with E-state index >= 15 is 0 Å². The van der Waals surface area contributed by atoms with Gasteiger partial charge in [-0.15, -0.1) is 0 Å². The van der Waals surface area contributed by atoms with Gasteiger partial charge in [0.05, 0.1) is 11.1 Å². The summed E-state index contributed by atoms with van der Waals surface area (Å²) in [5.41, 5.74) is 1.94. The molecule has 0 radical (unpaired) electrons. The van der Waals surface area contributed by atoms with Crippen LogP contribution in [0.5, 0.6) is 0 Å². The van der Waals surface area contributed by atoms with E-state index in [4.69, 9.17) is 10.4 Å². The number of aromatic nitrogens is 1. The molecule has 1 aromatic carbocycles. The Morgan fingerprint density at radius 3 is 2.84 bits per heavy atom. The van der Waals surface area contributed by atoms with Crippen molar-refractivity contribution in [3.63, 3.8) is 0 Å². The third-order valence-electron chi connectivity index (χ3n) is 2.53. The number of anilines is 2. The van der Waals surface area contributed by atoms with Crippen molar-refractivity contribution in [1.82, 2.24) is 4.98 Å². The van der Waals surface area contributed by atoms with Crippen molar-refractivity contribution in [3.05, 3.63) is 53.2 Å². The standard InChI is InChI=1S/C14H11N3O2/c1-9-5-6-11(8-15)13(16-9)17-12-4-2-3-10(7-12)14(18)19/h2-7H,1H3,(H,16,17)(H,18,19). The summed E-state index contributed by atoms with van der Waals surface area (Å²) in [6.45, 7) is 1.82. The van der Waals surface area contributed by atoms with Crippen LogP contribution in [0.1, 0.15) is 21.6 Å². The quantitative estimate of drug-likeness (QED) is 0.878. The molecule has 0 aliphatic rings. The molecule has 94 valence electrons. The number of carboxylic acids is 1. The van der Waals surface area contributed by atoms with Gasteiger partial charge in [0.2, 0.25) is 0 Å². The van der Waals surface area contributed by atoms with Gasteiger partial charge in [0.1, 0.15) is 11.9 Å². The van der Waals surface area contributed by atoms with Gasteiger partial charge in [0, 0.05) is 11.4 Å². The molecular formula is C14H11N3O2. The molecule has 0 aliphatic carbocycles. The van der Waals surface area contributed by atoms with E-state index in [0.29, 0.717) is 17.1 Å².